The summed E-state index contributed by atoms with van der Waals surface area (Å²) < 4.78 is 10.5. The van der Waals surface area contributed by atoms with Crippen molar-refractivity contribution < 1.29 is 23.9 Å². The fourth-order valence-corrected chi connectivity index (χ4v) is 2.13. The second-order valence-corrected chi connectivity index (χ2v) is 7.98. The first-order chi connectivity index (χ1) is 11.8. The number of alkyl carbamates (subject to hydrolysis) is 1. The number of ether oxygens (including phenoxy) is 2. The van der Waals surface area contributed by atoms with Gasteiger partial charge in [-0.15, -0.1) is 0 Å². The van der Waals surface area contributed by atoms with E-state index in [1.54, 1.807) is 59.7 Å². The van der Waals surface area contributed by atoms with E-state index in [4.69, 9.17) is 9.47 Å². The van der Waals surface area contributed by atoms with Crippen molar-refractivity contribution in [1.29, 1.82) is 0 Å². The van der Waals surface area contributed by atoms with Crippen LogP contribution in [0.3, 0.4) is 0 Å². The largest absolute Gasteiger partial charge is 0.451 e. The molecule has 26 heavy (non-hydrogen) atoms. The van der Waals surface area contributed by atoms with E-state index in [-0.39, 0.29) is 5.71 Å². The van der Waals surface area contributed by atoms with E-state index in [0.29, 0.717) is 5.56 Å². The number of hydrogen-bond acceptors (Lipinski definition) is 4. The minimum atomic E-state index is -1.02. The molecule has 1 amide bonds. The van der Waals surface area contributed by atoms with Gasteiger partial charge in [0.05, 0.1) is 0 Å². The first-order valence-corrected chi connectivity index (χ1v) is 8.34. The Balaban J connectivity index is 3.24. The highest BCUT2D eigenvalue weighted by atomic mass is 16.6. The zero-order valence-corrected chi connectivity index (χ0v) is 16.4. The number of benzene rings is 1. The monoisotopic (exact) mass is 361 g/mol. The molecule has 0 aliphatic rings. The van der Waals surface area contributed by atoms with Crippen molar-refractivity contribution in [2.75, 3.05) is 0 Å². The topological polar surface area (TPSA) is 101 Å². The number of aryl methyl sites for hydroxylation is 1. The Morgan fingerprint density at radius 2 is 1.65 bits per heavy atom. The van der Waals surface area contributed by atoms with Crippen molar-refractivity contribution in [1.82, 2.24) is 5.32 Å². The lowest BCUT2D eigenvalue weighted by Crippen LogP contribution is -2.42. The molecule has 0 spiro atoms. The summed E-state index contributed by atoms with van der Waals surface area (Å²) in [5, 5.41) is 2.58. The minimum Gasteiger partial charge on any atom is -0.451 e. The lowest BCUT2D eigenvalue weighted by atomic mass is 10.00. The number of carbonyl (C=O) groups is 2. The first kappa shape index (κ1) is 21.4. The average Bonchev–Trinajstić information content (AvgIpc) is 2.43. The molecule has 0 saturated heterocycles. The van der Waals surface area contributed by atoms with Crippen LogP contribution < -0.4 is 5.32 Å². The summed E-state index contributed by atoms with van der Waals surface area (Å²) >= 11 is 0. The number of carbonyl (C=O) groups excluding carboxylic acids is 2. The third-order valence-corrected chi connectivity index (χ3v) is 3.03. The maximum absolute atomic E-state index is 12.5. The second kappa shape index (κ2) is 8.15. The predicted molar refractivity (Wildman–Crippen MR) is 97.8 cm³/mol. The summed E-state index contributed by atoms with van der Waals surface area (Å²) in [6.07, 6.45) is -0.742. The Hall–Kier alpha value is -2.66. The number of amides is 1. The summed E-state index contributed by atoms with van der Waals surface area (Å²) in [4.78, 5) is 27.8. The molecule has 0 unspecified atom stereocenters. The lowest BCUT2D eigenvalue weighted by Gasteiger charge is -2.23. The summed E-state index contributed by atoms with van der Waals surface area (Å²) in [5.74, 6) is -0.831. The van der Waals surface area contributed by atoms with Crippen LogP contribution in [-0.4, -0.2) is 33.8 Å². The van der Waals surface area contributed by atoms with Crippen molar-refractivity contribution in [3.8, 4) is 0 Å². The maximum Gasteiger partial charge on any atom is 0.420 e. The molecule has 0 heterocycles. The molecule has 1 aromatic carbocycles. The van der Waals surface area contributed by atoms with Gasteiger partial charge in [-0.1, -0.05) is 29.8 Å². The Morgan fingerprint density at radius 1 is 1.08 bits per heavy atom. The van der Waals surface area contributed by atoms with Gasteiger partial charge in [0.25, 0.3) is 0 Å². The molecule has 0 saturated carbocycles. The molecule has 1 rings (SSSR count). The molecule has 7 nitrogen and oxygen atoms in total. The molecular weight excluding hydrogens is 334 g/mol. The molecule has 0 aliphatic heterocycles. The Morgan fingerprint density at radius 3 is 2.12 bits per heavy atom. The molecular formula is C19H27N3O4. The van der Waals surface area contributed by atoms with Gasteiger partial charge in [0.2, 0.25) is 0 Å². The van der Waals surface area contributed by atoms with Gasteiger partial charge < -0.3 is 20.3 Å². The standard InChI is InChI=1S/C19H27N3O4/c1-12-9-8-10-13(11-12)14(21-17(24)26-19(5,6)7)15(22-20)16(23)25-18(2,3)4/h8-11,14H,1-7H3,(H,21,24)/t14-/m1/s1. The van der Waals surface area contributed by atoms with Crippen LogP contribution in [0.1, 0.15) is 58.7 Å². The van der Waals surface area contributed by atoms with Gasteiger partial charge >= 0.3 is 17.8 Å². The van der Waals surface area contributed by atoms with Gasteiger partial charge in [0.1, 0.15) is 11.2 Å². The van der Waals surface area contributed by atoms with Crippen LogP contribution in [-0.2, 0) is 14.3 Å². The van der Waals surface area contributed by atoms with Crippen molar-refractivity contribution in [2.24, 2.45) is 0 Å². The summed E-state index contributed by atoms with van der Waals surface area (Å²) in [6, 6.07) is 6.11. The highest BCUT2D eigenvalue weighted by molar-refractivity contribution is 6.36. The first-order valence-electron chi connectivity index (χ1n) is 8.34. The molecule has 1 N–H and O–H groups in total. The Labute approximate surface area is 154 Å². The van der Waals surface area contributed by atoms with E-state index in [1.807, 2.05) is 13.0 Å². The summed E-state index contributed by atoms with van der Waals surface area (Å²) in [7, 11) is 0. The number of nitrogens with one attached hydrogen (secondary N) is 1. The van der Waals surface area contributed by atoms with Gasteiger partial charge in [-0.25, -0.2) is 9.59 Å². The van der Waals surface area contributed by atoms with E-state index >= 15 is 0 Å². The molecule has 142 valence electrons. The summed E-state index contributed by atoms with van der Waals surface area (Å²) in [5.41, 5.74) is 9.08. The third kappa shape index (κ3) is 7.07. The zero-order chi connectivity index (χ0) is 20.1. The van der Waals surface area contributed by atoms with Gasteiger partial charge in [0.15, 0.2) is 6.04 Å². The average molecular weight is 361 g/mol. The quantitative estimate of drug-likeness (QED) is 0.383. The summed E-state index contributed by atoms with van der Waals surface area (Å²) in [6.45, 7) is 12.1. The molecule has 0 bridgehead atoms. The predicted octanol–water partition coefficient (Wildman–Crippen LogP) is 3.57. The molecule has 0 aliphatic carbocycles. The van der Waals surface area contributed by atoms with Crippen LogP contribution >= 0.6 is 0 Å². The molecule has 7 heteroatoms. The SMILES string of the molecule is Cc1cccc([C@@H](NC(=O)OC(C)(C)C)C(=[N+]=[N-])C(=O)OC(C)(C)C)c1. The highest BCUT2D eigenvalue weighted by Gasteiger charge is 2.38. The molecule has 0 fully saturated rings. The van der Waals surface area contributed by atoms with E-state index in [0.717, 1.165) is 5.56 Å². The van der Waals surface area contributed by atoms with Crippen LogP contribution in [0.4, 0.5) is 4.79 Å². The van der Waals surface area contributed by atoms with Crippen molar-refractivity contribution >= 4 is 17.8 Å². The smallest absolute Gasteiger partial charge is 0.420 e. The van der Waals surface area contributed by atoms with Gasteiger partial charge in [-0.2, -0.15) is 4.79 Å². The molecule has 1 atom stereocenters. The van der Waals surface area contributed by atoms with Gasteiger partial charge in [-0.3, -0.25) is 0 Å². The molecule has 0 aromatic heterocycles. The fourth-order valence-electron chi connectivity index (χ4n) is 2.13. The van der Waals surface area contributed by atoms with Crippen LogP contribution in [0.2, 0.25) is 0 Å². The number of rotatable bonds is 4. The third-order valence-electron chi connectivity index (χ3n) is 3.03. The number of esters is 1. The van der Waals surface area contributed by atoms with E-state index in [1.165, 1.54) is 0 Å². The molecule has 1 aromatic rings. The zero-order valence-electron chi connectivity index (χ0n) is 16.4. The van der Waals surface area contributed by atoms with Crippen LogP contribution in [0.25, 0.3) is 5.53 Å². The lowest BCUT2D eigenvalue weighted by molar-refractivity contribution is -0.151. The van der Waals surface area contributed by atoms with Crippen LogP contribution in [0.15, 0.2) is 24.3 Å². The van der Waals surface area contributed by atoms with Crippen molar-refractivity contribution in [2.45, 2.75) is 65.7 Å². The van der Waals surface area contributed by atoms with E-state index < -0.39 is 29.3 Å². The fraction of sp³-hybridized carbons (Fsp3) is 0.526. The normalized spacial score (nSPS) is 12.6. The maximum atomic E-state index is 12.5. The molecule has 0 radical (unpaired) electrons. The van der Waals surface area contributed by atoms with Gasteiger partial charge in [-0.05, 0) is 54.0 Å². The van der Waals surface area contributed by atoms with Crippen molar-refractivity contribution in [3.05, 3.63) is 40.9 Å². The van der Waals surface area contributed by atoms with Crippen LogP contribution in [0, 0.1) is 6.92 Å². The number of hydrogen-bond donors (Lipinski definition) is 1. The van der Waals surface area contributed by atoms with Gasteiger partial charge in [0, 0.05) is 0 Å². The number of nitrogens with zero attached hydrogens (tertiary/aromatic N) is 2. The van der Waals surface area contributed by atoms with E-state index in [9.17, 15) is 15.1 Å². The van der Waals surface area contributed by atoms with Crippen molar-refractivity contribution in [3.63, 3.8) is 0 Å². The Kier molecular flexibility index (Phi) is 6.70. The minimum absolute atomic E-state index is 0.337. The Bertz CT molecular complexity index is 723. The highest BCUT2D eigenvalue weighted by Crippen LogP contribution is 2.19. The van der Waals surface area contributed by atoms with E-state index in [2.05, 4.69) is 10.1 Å². The second-order valence-electron chi connectivity index (χ2n) is 7.98. The van der Waals surface area contributed by atoms with Crippen LogP contribution in [0.5, 0.6) is 0 Å².